The Kier molecular flexibility index (Phi) is 8.40. The van der Waals surface area contributed by atoms with E-state index in [-0.39, 0.29) is 13.2 Å². The number of alkyl halides is 1. The lowest BCUT2D eigenvalue weighted by Crippen LogP contribution is -2.60. The van der Waals surface area contributed by atoms with Crippen molar-refractivity contribution in [2.75, 3.05) is 6.61 Å². The summed E-state index contributed by atoms with van der Waals surface area (Å²) in [6.07, 6.45) is -3.56. The van der Waals surface area contributed by atoms with Crippen LogP contribution < -0.4 is 0 Å². The van der Waals surface area contributed by atoms with E-state index in [1.165, 1.54) is 20.8 Å². The van der Waals surface area contributed by atoms with Gasteiger partial charge in [0.25, 0.3) is 0 Å². The highest BCUT2D eigenvalue weighted by atomic mass is 79.9. The number of rotatable bonds is 7. The standard InChI is InChI=1S/C19H23BrO8/c1-11(21)24-10-15-16(26-12(2)22)17(27-13(3)23)18(19(20)28-15)25-9-14-7-5-4-6-8-14/h4-8,15-19H,9-10H2,1-3H3/t15-,16+,17+,18-,19+/m1/s1. The molecule has 0 amide bonds. The Bertz CT molecular complexity index is 680. The summed E-state index contributed by atoms with van der Waals surface area (Å²) < 4.78 is 27.5. The van der Waals surface area contributed by atoms with Gasteiger partial charge in [0.15, 0.2) is 12.2 Å². The Balaban J connectivity index is 2.22. The second-order valence-corrected chi connectivity index (χ2v) is 7.14. The first-order valence-corrected chi connectivity index (χ1v) is 9.62. The smallest absolute Gasteiger partial charge is 0.303 e. The molecule has 1 saturated heterocycles. The Morgan fingerprint density at radius 1 is 0.929 bits per heavy atom. The summed E-state index contributed by atoms with van der Waals surface area (Å²) in [4.78, 5) is 34.5. The zero-order valence-corrected chi connectivity index (χ0v) is 17.4. The third kappa shape index (κ3) is 6.57. The number of ether oxygens (including phenoxy) is 5. The molecule has 0 aliphatic carbocycles. The molecule has 1 aliphatic rings. The van der Waals surface area contributed by atoms with Crippen molar-refractivity contribution < 1.29 is 38.1 Å². The first-order valence-electron chi connectivity index (χ1n) is 8.70. The summed E-state index contributed by atoms with van der Waals surface area (Å²) in [5.74, 6) is -1.67. The van der Waals surface area contributed by atoms with Crippen molar-refractivity contribution in [3.05, 3.63) is 35.9 Å². The van der Waals surface area contributed by atoms with Crippen molar-refractivity contribution in [2.24, 2.45) is 0 Å². The lowest BCUT2D eigenvalue weighted by Gasteiger charge is -2.43. The van der Waals surface area contributed by atoms with Gasteiger partial charge in [0, 0.05) is 20.8 Å². The van der Waals surface area contributed by atoms with E-state index in [0.29, 0.717) is 0 Å². The second kappa shape index (κ2) is 10.5. The van der Waals surface area contributed by atoms with Gasteiger partial charge < -0.3 is 23.7 Å². The third-order valence-corrected chi connectivity index (χ3v) is 4.65. The molecule has 28 heavy (non-hydrogen) atoms. The molecule has 0 aromatic heterocycles. The number of benzene rings is 1. The monoisotopic (exact) mass is 458 g/mol. The zero-order valence-electron chi connectivity index (χ0n) is 15.8. The molecule has 1 fully saturated rings. The fraction of sp³-hybridized carbons (Fsp3) is 0.526. The van der Waals surface area contributed by atoms with E-state index in [1.807, 2.05) is 30.3 Å². The number of halogens is 1. The van der Waals surface area contributed by atoms with Gasteiger partial charge in [0.2, 0.25) is 0 Å². The summed E-state index contributed by atoms with van der Waals surface area (Å²) >= 11 is 3.38. The van der Waals surface area contributed by atoms with Crippen molar-refractivity contribution in [2.45, 2.75) is 56.8 Å². The molecule has 0 N–H and O–H groups in total. The van der Waals surface area contributed by atoms with Crippen LogP contribution in [0, 0.1) is 0 Å². The Labute approximate surface area is 171 Å². The van der Waals surface area contributed by atoms with E-state index in [0.717, 1.165) is 5.56 Å². The molecule has 0 radical (unpaired) electrons. The molecular weight excluding hydrogens is 436 g/mol. The first-order chi connectivity index (χ1) is 13.3. The fourth-order valence-corrected chi connectivity index (χ4v) is 3.53. The normalized spacial score (nSPS) is 26.9. The molecule has 154 valence electrons. The first kappa shape index (κ1) is 22.3. The lowest BCUT2D eigenvalue weighted by molar-refractivity contribution is -0.240. The van der Waals surface area contributed by atoms with Gasteiger partial charge in [-0.05, 0) is 5.56 Å². The molecule has 0 saturated carbocycles. The topological polar surface area (TPSA) is 97.4 Å². The van der Waals surface area contributed by atoms with E-state index < -0.39 is 47.3 Å². The molecule has 0 bridgehead atoms. The maximum absolute atomic E-state index is 11.7. The van der Waals surface area contributed by atoms with E-state index in [9.17, 15) is 14.4 Å². The molecule has 0 unspecified atom stereocenters. The van der Waals surface area contributed by atoms with Crippen LogP contribution in [0.4, 0.5) is 0 Å². The van der Waals surface area contributed by atoms with Crippen LogP contribution in [0.15, 0.2) is 30.3 Å². The second-order valence-electron chi connectivity index (χ2n) is 6.24. The minimum Gasteiger partial charge on any atom is -0.463 e. The minimum atomic E-state index is -1.00. The van der Waals surface area contributed by atoms with Gasteiger partial charge in [-0.25, -0.2) is 0 Å². The van der Waals surface area contributed by atoms with Crippen molar-refractivity contribution in [3.8, 4) is 0 Å². The zero-order chi connectivity index (χ0) is 20.7. The summed E-state index contributed by atoms with van der Waals surface area (Å²) in [5, 5.41) is -0.687. The van der Waals surface area contributed by atoms with Crippen LogP contribution in [0.5, 0.6) is 0 Å². The van der Waals surface area contributed by atoms with Crippen molar-refractivity contribution in [1.82, 2.24) is 0 Å². The number of carbonyl (C=O) groups is 3. The number of hydrogen-bond donors (Lipinski definition) is 0. The Morgan fingerprint density at radius 3 is 2.11 bits per heavy atom. The molecule has 1 aromatic carbocycles. The van der Waals surface area contributed by atoms with E-state index >= 15 is 0 Å². The molecule has 2 rings (SSSR count). The SMILES string of the molecule is CC(=O)OC[C@H]1O[C@H](Br)[C@H](OCc2ccccc2)[C@@H](OC(C)=O)[C@H]1OC(C)=O. The van der Waals surface area contributed by atoms with Crippen LogP contribution in [0.3, 0.4) is 0 Å². The van der Waals surface area contributed by atoms with E-state index in [1.54, 1.807) is 0 Å². The molecule has 0 spiro atoms. The molecule has 5 atom stereocenters. The average Bonchev–Trinajstić information content (AvgIpc) is 2.62. The number of esters is 3. The summed E-state index contributed by atoms with van der Waals surface area (Å²) in [5.41, 5.74) is 0.912. The van der Waals surface area contributed by atoms with Crippen molar-refractivity contribution in [1.29, 1.82) is 0 Å². The molecule has 1 aliphatic heterocycles. The van der Waals surface area contributed by atoms with E-state index in [2.05, 4.69) is 15.9 Å². The van der Waals surface area contributed by atoms with Gasteiger partial charge in [-0.1, -0.05) is 46.3 Å². The molecule has 8 nitrogen and oxygen atoms in total. The largest absolute Gasteiger partial charge is 0.463 e. The quantitative estimate of drug-likeness (QED) is 0.348. The van der Waals surface area contributed by atoms with Crippen molar-refractivity contribution >= 4 is 33.8 Å². The Morgan fingerprint density at radius 2 is 1.54 bits per heavy atom. The van der Waals surface area contributed by atoms with Gasteiger partial charge in [-0.2, -0.15) is 0 Å². The van der Waals surface area contributed by atoms with Crippen LogP contribution in [-0.2, 0) is 44.7 Å². The van der Waals surface area contributed by atoms with Crippen molar-refractivity contribution in [3.63, 3.8) is 0 Å². The van der Waals surface area contributed by atoms with Crippen LogP contribution in [0.1, 0.15) is 26.3 Å². The van der Waals surface area contributed by atoms with Crippen LogP contribution in [0.25, 0.3) is 0 Å². The van der Waals surface area contributed by atoms with Gasteiger partial charge >= 0.3 is 17.9 Å². The van der Waals surface area contributed by atoms with Gasteiger partial charge in [0.05, 0.1) is 6.61 Å². The van der Waals surface area contributed by atoms with Gasteiger partial charge in [-0.15, -0.1) is 0 Å². The minimum absolute atomic E-state index is 0.168. The molecule has 1 heterocycles. The predicted octanol–water partition coefficient (Wildman–Crippen LogP) is 2.12. The lowest BCUT2D eigenvalue weighted by atomic mass is 9.99. The highest BCUT2D eigenvalue weighted by Gasteiger charge is 2.50. The van der Waals surface area contributed by atoms with Crippen LogP contribution >= 0.6 is 15.9 Å². The molecule has 1 aromatic rings. The third-order valence-electron chi connectivity index (χ3n) is 3.92. The molecular formula is C19H23BrO8. The number of carbonyl (C=O) groups excluding carboxylic acids is 3. The average molecular weight is 459 g/mol. The fourth-order valence-electron chi connectivity index (χ4n) is 2.80. The Hall–Kier alpha value is -1.97. The van der Waals surface area contributed by atoms with Crippen LogP contribution in [-0.4, -0.2) is 53.9 Å². The predicted molar refractivity (Wildman–Crippen MR) is 100 cm³/mol. The highest BCUT2D eigenvalue weighted by Crippen LogP contribution is 2.32. The maximum Gasteiger partial charge on any atom is 0.303 e. The summed E-state index contributed by atoms with van der Waals surface area (Å²) in [6.45, 7) is 3.80. The van der Waals surface area contributed by atoms with Gasteiger partial charge in [-0.3, -0.25) is 14.4 Å². The highest BCUT2D eigenvalue weighted by molar-refractivity contribution is 9.09. The summed E-state index contributed by atoms with van der Waals surface area (Å²) in [6, 6.07) is 9.42. The van der Waals surface area contributed by atoms with Crippen LogP contribution in [0.2, 0.25) is 0 Å². The summed E-state index contributed by atoms with van der Waals surface area (Å²) in [7, 11) is 0. The maximum atomic E-state index is 11.7. The number of hydrogen-bond acceptors (Lipinski definition) is 8. The van der Waals surface area contributed by atoms with Gasteiger partial charge in [0.1, 0.15) is 23.8 Å². The molecule has 9 heteroatoms. The van der Waals surface area contributed by atoms with E-state index in [4.69, 9.17) is 23.7 Å².